The van der Waals surface area contributed by atoms with E-state index in [0.717, 1.165) is 32.4 Å². The molecule has 0 saturated carbocycles. The summed E-state index contributed by atoms with van der Waals surface area (Å²) in [6.45, 7) is 8.14. The monoisotopic (exact) mass is 282 g/mol. The van der Waals surface area contributed by atoms with Gasteiger partial charge in [0.2, 0.25) is 5.91 Å². The van der Waals surface area contributed by atoms with Crippen LogP contribution in [0.1, 0.15) is 38.5 Å². The molecule has 3 nitrogen and oxygen atoms in total. The summed E-state index contributed by atoms with van der Waals surface area (Å²) in [4.78, 5) is 16.0. The number of nitrogens with zero attached hydrogens (tertiary/aromatic N) is 1. The smallest absolute Gasteiger partial charge is 0.230 e. The van der Waals surface area contributed by atoms with Crippen molar-refractivity contribution in [3.05, 3.63) is 22.4 Å². The predicted molar refractivity (Wildman–Crippen MR) is 82.3 cm³/mol. The quantitative estimate of drug-likeness (QED) is 0.797. The maximum atomic E-state index is 12.7. The van der Waals surface area contributed by atoms with Crippen LogP contribution in [0.25, 0.3) is 0 Å². The van der Waals surface area contributed by atoms with E-state index < -0.39 is 0 Å². The van der Waals surface area contributed by atoms with Crippen molar-refractivity contribution in [3.63, 3.8) is 0 Å². The summed E-state index contributed by atoms with van der Waals surface area (Å²) < 4.78 is 0. The zero-order valence-corrected chi connectivity index (χ0v) is 13.1. The van der Waals surface area contributed by atoms with Crippen molar-refractivity contribution in [1.29, 1.82) is 0 Å². The molecule has 19 heavy (non-hydrogen) atoms. The minimum Gasteiger partial charge on any atom is -0.342 e. The third-order valence-electron chi connectivity index (χ3n) is 4.08. The summed E-state index contributed by atoms with van der Waals surface area (Å²) in [5.41, 5.74) is 5.50. The molecule has 0 aromatic carbocycles. The molecule has 0 fully saturated rings. The molecule has 0 atom stereocenters. The number of carbonyl (C=O) groups excluding carboxylic acids is 1. The van der Waals surface area contributed by atoms with Crippen LogP contribution in [-0.4, -0.2) is 30.4 Å². The third kappa shape index (κ3) is 3.80. The van der Waals surface area contributed by atoms with E-state index in [4.69, 9.17) is 5.73 Å². The summed E-state index contributed by atoms with van der Waals surface area (Å²) in [5, 5.41) is 2.08. The minimum atomic E-state index is -0.370. The first-order valence-electron chi connectivity index (χ1n) is 7.15. The van der Waals surface area contributed by atoms with Crippen molar-refractivity contribution in [2.45, 2.75) is 40.0 Å². The lowest BCUT2D eigenvalue weighted by molar-refractivity contribution is -0.142. The molecule has 0 radical (unpaired) electrons. The van der Waals surface area contributed by atoms with Crippen molar-refractivity contribution in [2.24, 2.45) is 11.1 Å². The Kier molecular flexibility index (Phi) is 6.52. The number of nitrogens with two attached hydrogens (primary N) is 1. The van der Waals surface area contributed by atoms with Crippen LogP contribution in [0.2, 0.25) is 0 Å². The Labute approximate surface area is 120 Å². The van der Waals surface area contributed by atoms with Gasteiger partial charge in [-0.1, -0.05) is 19.9 Å². The van der Waals surface area contributed by atoms with Gasteiger partial charge in [0, 0.05) is 24.5 Å². The minimum absolute atomic E-state index is 0.221. The van der Waals surface area contributed by atoms with E-state index in [9.17, 15) is 4.79 Å². The molecule has 0 spiro atoms. The fourth-order valence-corrected chi connectivity index (χ4v) is 3.07. The molecule has 0 aliphatic carbocycles. The van der Waals surface area contributed by atoms with Crippen molar-refractivity contribution < 1.29 is 4.79 Å². The number of amides is 1. The zero-order valence-electron chi connectivity index (χ0n) is 12.3. The lowest BCUT2D eigenvalue weighted by atomic mass is 9.81. The van der Waals surface area contributed by atoms with Gasteiger partial charge in [-0.15, -0.1) is 11.3 Å². The van der Waals surface area contributed by atoms with E-state index >= 15 is 0 Å². The normalized spacial score (nSPS) is 11.6. The van der Waals surface area contributed by atoms with Crippen molar-refractivity contribution in [1.82, 2.24) is 4.90 Å². The second-order valence-electron chi connectivity index (χ2n) is 4.91. The predicted octanol–water partition coefficient (Wildman–Crippen LogP) is 2.90. The molecule has 0 aliphatic rings. The molecule has 1 rings (SSSR count). The first kappa shape index (κ1) is 16.2. The fraction of sp³-hybridized carbons (Fsp3) is 0.667. The van der Waals surface area contributed by atoms with Crippen LogP contribution in [-0.2, 0) is 11.2 Å². The molecule has 0 saturated heterocycles. The average molecular weight is 282 g/mol. The molecule has 1 heterocycles. The lowest BCUT2D eigenvalue weighted by Crippen LogP contribution is -2.48. The first-order chi connectivity index (χ1) is 9.13. The Morgan fingerprint density at radius 1 is 1.37 bits per heavy atom. The van der Waals surface area contributed by atoms with E-state index in [2.05, 4.69) is 31.4 Å². The largest absolute Gasteiger partial charge is 0.342 e. The number of hydrogen-bond acceptors (Lipinski definition) is 3. The van der Waals surface area contributed by atoms with Gasteiger partial charge in [0.15, 0.2) is 0 Å². The van der Waals surface area contributed by atoms with Gasteiger partial charge in [-0.3, -0.25) is 4.79 Å². The molecule has 1 aromatic heterocycles. The van der Waals surface area contributed by atoms with Gasteiger partial charge in [0.25, 0.3) is 0 Å². The van der Waals surface area contributed by atoms with Gasteiger partial charge in [0.1, 0.15) is 0 Å². The van der Waals surface area contributed by atoms with Gasteiger partial charge in [-0.25, -0.2) is 0 Å². The molecule has 0 unspecified atom stereocenters. The number of likely N-dealkylation sites (N-methyl/N-ethyl adjacent to an activating group) is 1. The molecular weight excluding hydrogens is 256 g/mol. The van der Waals surface area contributed by atoms with Gasteiger partial charge in [-0.05, 0) is 37.6 Å². The van der Waals surface area contributed by atoms with Crippen LogP contribution in [0.3, 0.4) is 0 Å². The maximum Gasteiger partial charge on any atom is 0.230 e. The first-order valence-corrected chi connectivity index (χ1v) is 8.03. The zero-order chi connectivity index (χ0) is 14.3. The van der Waals surface area contributed by atoms with Gasteiger partial charge in [0.05, 0.1) is 5.41 Å². The number of thiophene rings is 1. The molecule has 4 heteroatoms. The van der Waals surface area contributed by atoms with E-state index in [1.54, 1.807) is 11.3 Å². The Bertz CT molecular complexity index is 363. The standard InChI is InChI=1S/C15H26N2OS/c1-4-15(5-2,12-16)14(18)17(6-3)10-9-13-8-7-11-19-13/h7-8,11H,4-6,9-10,12,16H2,1-3H3. The van der Waals surface area contributed by atoms with Crippen LogP contribution in [0, 0.1) is 5.41 Å². The van der Waals surface area contributed by atoms with Crippen LogP contribution >= 0.6 is 11.3 Å². The highest BCUT2D eigenvalue weighted by Crippen LogP contribution is 2.28. The van der Waals surface area contributed by atoms with E-state index in [0.29, 0.717) is 6.54 Å². The maximum absolute atomic E-state index is 12.7. The topological polar surface area (TPSA) is 46.3 Å². The Morgan fingerprint density at radius 3 is 2.47 bits per heavy atom. The second kappa shape index (κ2) is 7.65. The van der Waals surface area contributed by atoms with Gasteiger partial charge < -0.3 is 10.6 Å². The molecule has 0 bridgehead atoms. The molecule has 1 amide bonds. The fourth-order valence-electron chi connectivity index (χ4n) is 2.37. The average Bonchev–Trinajstić information content (AvgIpc) is 2.95. The van der Waals surface area contributed by atoms with Crippen LogP contribution in [0.4, 0.5) is 0 Å². The SMILES string of the molecule is CCN(CCc1cccs1)C(=O)C(CC)(CC)CN. The second-order valence-corrected chi connectivity index (χ2v) is 5.94. The van der Waals surface area contributed by atoms with Gasteiger partial charge >= 0.3 is 0 Å². The Hall–Kier alpha value is -0.870. The molecule has 108 valence electrons. The van der Waals surface area contributed by atoms with Crippen LogP contribution in [0.5, 0.6) is 0 Å². The van der Waals surface area contributed by atoms with Crippen molar-refractivity contribution >= 4 is 17.2 Å². The molecular formula is C15H26N2OS. The molecule has 1 aromatic rings. The lowest BCUT2D eigenvalue weighted by Gasteiger charge is -2.34. The summed E-state index contributed by atoms with van der Waals surface area (Å²) in [7, 11) is 0. The number of carbonyl (C=O) groups is 1. The Balaban J connectivity index is 2.70. The van der Waals surface area contributed by atoms with E-state index in [1.165, 1.54) is 4.88 Å². The number of rotatable bonds is 8. The van der Waals surface area contributed by atoms with Gasteiger partial charge in [-0.2, -0.15) is 0 Å². The highest BCUT2D eigenvalue weighted by Gasteiger charge is 2.36. The van der Waals surface area contributed by atoms with E-state index in [-0.39, 0.29) is 11.3 Å². The molecule has 0 aliphatic heterocycles. The summed E-state index contributed by atoms with van der Waals surface area (Å²) in [6.07, 6.45) is 2.56. The third-order valence-corrected chi connectivity index (χ3v) is 5.01. The summed E-state index contributed by atoms with van der Waals surface area (Å²) >= 11 is 1.75. The number of hydrogen-bond donors (Lipinski definition) is 1. The van der Waals surface area contributed by atoms with E-state index in [1.807, 2.05) is 11.8 Å². The summed E-state index contributed by atoms with van der Waals surface area (Å²) in [5.74, 6) is 0.221. The van der Waals surface area contributed by atoms with Crippen molar-refractivity contribution in [2.75, 3.05) is 19.6 Å². The van der Waals surface area contributed by atoms with Crippen LogP contribution < -0.4 is 5.73 Å². The highest BCUT2D eigenvalue weighted by atomic mass is 32.1. The van der Waals surface area contributed by atoms with Crippen molar-refractivity contribution in [3.8, 4) is 0 Å². The molecule has 2 N–H and O–H groups in total. The summed E-state index contributed by atoms with van der Waals surface area (Å²) in [6, 6.07) is 4.18. The Morgan fingerprint density at radius 2 is 2.05 bits per heavy atom. The highest BCUT2D eigenvalue weighted by molar-refractivity contribution is 7.09. The van der Waals surface area contributed by atoms with Crippen LogP contribution in [0.15, 0.2) is 17.5 Å².